The van der Waals surface area contributed by atoms with Crippen LogP contribution in [-0.4, -0.2) is 0 Å². The van der Waals surface area contributed by atoms with Crippen LogP contribution >= 0.6 is 49.9 Å². The Morgan fingerprint density at radius 2 is 1.72 bits per heavy atom. The van der Waals surface area contributed by atoms with Gasteiger partial charge in [-0.15, -0.1) is 11.3 Å². The Kier molecular flexibility index (Phi) is 4.55. The van der Waals surface area contributed by atoms with Gasteiger partial charge in [-0.05, 0) is 56.1 Å². The normalized spacial score (nSPS) is 13.6. The van der Waals surface area contributed by atoms with Gasteiger partial charge in [-0.25, -0.2) is 0 Å². The van der Waals surface area contributed by atoms with Crippen molar-refractivity contribution < 1.29 is 0 Å². The third-order valence-electron chi connectivity index (χ3n) is 2.95. The van der Waals surface area contributed by atoms with Crippen molar-refractivity contribution in [2.75, 3.05) is 0 Å². The van der Waals surface area contributed by atoms with Crippen LogP contribution < -0.4 is 0 Å². The van der Waals surface area contributed by atoms with E-state index in [9.17, 15) is 0 Å². The zero-order valence-corrected chi connectivity index (χ0v) is 15.3. The number of alkyl halides is 1. The summed E-state index contributed by atoms with van der Waals surface area (Å²) in [6.07, 6.45) is 0. The summed E-state index contributed by atoms with van der Waals surface area (Å²) in [7, 11) is 0. The van der Waals surface area contributed by atoms with Crippen LogP contribution in [0.15, 0.2) is 35.7 Å². The Morgan fingerprint density at radius 3 is 2.17 bits per heavy atom. The second kappa shape index (κ2) is 5.63. The molecular formula is C15H16BrIS. The second-order valence-electron chi connectivity index (χ2n) is 5.42. The van der Waals surface area contributed by atoms with Crippen molar-refractivity contribution in [1.29, 1.82) is 0 Å². The molecule has 0 saturated carbocycles. The van der Waals surface area contributed by atoms with Crippen molar-refractivity contribution in [3.8, 4) is 0 Å². The summed E-state index contributed by atoms with van der Waals surface area (Å²) in [5.41, 5.74) is 4.26. The molecule has 2 rings (SSSR count). The van der Waals surface area contributed by atoms with Crippen molar-refractivity contribution in [3.05, 3.63) is 55.3 Å². The number of benzene rings is 1. The molecule has 1 atom stereocenters. The van der Waals surface area contributed by atoms with Crippen LogP contribution in [0, 0.1) is 2.88 Å². The molecule has 0 nitrogen and oxygen atoms in total. The highest BCUT2D eigenvalue weighted by molar-refractivity contribution is 14.1. The lowest BCUT2D eigenvalue weighted by atomic mass is 9.86. The summed E-state index contributed by atoms with van der Waals surface area (Å²) in [6, 6.07) is 11.2. The molecule has 18 heavy (non-hydrogen) atoms. The molecule has 1 heterocycles. The molecule has 96 valence electrons. The van der Waals surface area contributed by atoms with Crippen LogP contribution in [0.1, 0.15) is 42.3 Å². The highest BCUT2D eigenvalue weighted by Gasteiger charge is 2.15. The lowest BCUT2D eigenvalue weighted by Gasteiger charge is -2.19. The van der Waals surface area contributed by atoms with Crippen LogP contribution in [0.3, 0.4) is 0 Å². The first-order valence-corrected chi connectivity index (χ1v) is 8.74. The maximum atomic E-state index is 3.79. The number of rotatable bonds is 2. The van der Waals surface area contributed by atoms with Crippen LogP contribution in [-0.2, 0) is 5.41 Å². The van der Waals surface area contributed by atoms with E-state index >= 15 is 0 Å². The van der Waals surface area contributed by atoms with Crippen molar-refractivity contribution in [1.82, 2.24) is 0 Å². The molecule has 1 aromatic heterocycles. The molecule has 0 aliphatic rings. The highest BCUT2D eigenvalue weighted by Crippen LogP contribution is 2.34. The summed E-state index contributed by atoms with van der Waals surface area (Å²) >= 11 is 7.94. The molecule has 0 amide bonds. The average molecular weight is 435 g/mol. The quantitative estimate of drug-likeness (QED) is 0.393. The topological polar surface area (TPSA) is 0 Å². The van der Waals surface area contributed by atoms with Gasteiger partial charge in [0, 0.05) is 0 Å². The number of hydrogen-bond acceptors (Lipinski definition) is 1. The van der Waals surface area contributed by atoms with Gasteiger partial charge in [0.1, 0.15) is 0 Å². The fourth-order valence-corrected chi connectivity index (χ4v) is 3.94. The molecule has 0 aliphatic carbocycles. The Morgan fingerprint density at radius 1 is 1.11 bits per heavy atom. The molecule has 0 radical (unpaired) electrons. The Bertz CT molecular complexity index is 522. The summed E-state index contributed by atoms with van der Waals surface area (Å²) in [4.78, 5) is 0.297. The molecule has 3 heteroatoms. The smallest absolute Gasteiger partial charge is 0.0656 e. The third kappa shape index (κ3) is 3.36. The lowest BCUT2D eigenvalue weighted by molar-refractivity contribution is 0.590. The van der Waals surface area contributed by atoms with E-state index in [1.54, 1.807) is 11.3 Å². The minimum atomic E-state index is 0.220. The van der Waals surface area contributed by atoms with Crippen LogP contribution in [0.5, 0.6) is 0 Å². The minimum Gasteiger partial charge on any atom is -0.137 e. The Hall–Kier alpha value is 0.130. The van der Waals surface area contributed by atoms with E-state index in [1.165, 1.54) is 19.6 Å². The van der Waals surface area contributed by atoms with Crippen molar-refractivity contribution in [3.63, 3.8) is 0 Å². The molecular weight excluding hydrogens is 419 g/mol. The first-order chi connectivity index (χ1) is 8.38. The minimum absolute atomic E-state index is 0.220. The molecule has 0 spiro atoms. The van der Waals surface area contributed by atoms with E-state index in [2.05, 4.69) is 95.0 Å². The molecule has 0 saturated heterocycles. The molecule has 0 aliphatic heterocycles. The van der Waals surface area contributed by atoms with Crippen molar-refractivity contribution >= 4 is 49.9 Å². The molecule has 2 aromatic rings. The third-order valence-corrected chi connectivity index (χ3v) is 5.81. The maximum absolute atomic E-state index is 3.79. The average Bonchev–Trinajstić information content (AvgIpc) is 2.74. The zero-order valence-electron chi connectivity index (χ0n) is 10.7. The molecule has 1 aromatic carbocycles. The monoisotopic (exact) mass is 434 g/mol. The van der Waals surface area contributed by atoms with Crippen molar-refractivity contribution in [2.45, 2.75) is 31.0 Å². The van der Waals surface area contributed by atoms with Gasteiger partial charge in [-0.3, -0.25) is 0 Å². The van der Waals surface area contributed by atoms with Crippen LogP contribution in [0.25, 0.3) is 0 Å². The molecule has 0 N–H and O–H groups in total. The van der Waals surface area contributed by atoms with Gasteiger partial charge in [0.05, 0.1) is 7.71 Å². The molecule has 0 fully saturated rings. The predicted octanol–water partition coefficient (Wildman–Crippen LogP) is 6.13. The summed E-state index contributed by atoms with van der Waals surface area (Å²) in [5, 5.41) is 2.22. The maximum Gasteiger partial charge on any atom is 0.0656 e. The fraction of sp³-hybridized carbons (Fsp3) is 0.333. The standard InChI is InChI=1S/C15H16BrIS/c1-15(2,3)12-6-4-10(5-7-12)14(16)11-8-13(17)18-9-11/h4-9,14H,1-3H3. The first-order valence-electron chi connectivity index (χ1n) is 5.86. The molecule has 1 unspecified atom stereocenters. The van der Waals surface area contributed by atoms with Gasteiger partial charge in [0.2, 0.25) is 0 Å². The van der Waals surface area contributed by atoms with E-state index < -0.39 is 0 Å². The van der Waals surface area contributed by atoms with Gasteiger partial charge in [-0.1, -0.05) is 61.0 Å². The Balaban J connectivity index is 2.24. The predicted molar refractivity (Wildman–Crippen MR) is 92.9 cm³/mol. The van der Waals surface area contributed by atoms with E-state index in [1.807, 2.05) is 0 Å². The van der Waals surface area contributed by atoms with Gasteiger partial charge < -0.3 is 0 Å². The van der Waals surface area contributed by atoms with Crippen LogP contribution in [0.2, 0.25) is 0 Å². The number of hydrogen-bond donors (Lipinski definition) is 0. The first kappa shape index (κ1) is 14.5. The highest BCUT2D eigenvalue weighted by atomic mass is 127. The van der Waals surface area contributed by atoms with E-state index in [-0.39, 0.29) is 5.41 Å². The van der Waals surface area contributed by atoms with Gasteiger partial charge in [0.15, 0.2) is 0 Å². The lowest BCUT2D eigenvalue weighted by Crippen LogP contribution is -2.10. The SMILES string of the molecule is CC(C)(C)c1ccc(C(Br)c2csc(I)c2)cc1. The van der Waals surface area contributed by atoms with Gasteiger partial charge in [-0.2, -0.15) is 0 Å². The van der Waals surface area contributed by atoms with E-state index in [0.29, 0.717) is 4.83 Å². The van der Waals surface area contributed by atoms with E-state index in [4.69, 9.17) is 0 Å². The van der Waals surface area contributed by atoms with Gasteiger partial charge in [0.25, 0.3) is 0 Å². The second-order valence-corrected chi connectivity index (χ2v) is 9.14. The van der Waals surface area contributed by atoms with Crippen LogP contribution in [0.4, 0.5) is 0 Å². The Labute approximate surface area is 135 Å². The molecule has 0 bridgehead atoms. The largest absolute Gasteiger partial charge is 0.137 e. The van der Waals surface area contributed by atoms with E-state index in [0.717, 1.165) is 0 Å². The zero-order chi connectivity index (χ0) is 13.3. The summed E-state index contributed by atoms with van der Waals surface area (Å²) < 4.78 is 1.33. The summed E-state index contributed by atoms with van der Waals surface area (Å²) in [5.74, 6) is 0. The van der Waals surface area contributed by atoms with Crippen molar-refractivity contribution in [2.24, 2.45) is 0 Å². The number of halogens is 2. The van der Waals surface area contributed by atoms with Gasteiger partial charge >= 0.3 is 0 Å². The summed E-state index contributed by atoms with van der Waals surface area (Å²) in [6.45, 7) is 6.73. The fourth-order valence-electron chi connectivity index (χ4n) is 1.80. The number of thiophene rings is 1.